The van der Waals surface area contributed by atoms with Crippen molar-refractivity contribution >= 4 is 17.4 Å². The number of hydrogen-bond donors (Lipinski definition) is 1. The summed E-state index contributed by atoms with van der Waals surface area (Å²) in [6.45, 7) is 0.274. The molecule has 0 aromatic heterocycles. The normalized spacial score (nSPS) is 18.7. The number of likely N-dealkylation sites (tertiary alicyclic amines) is 1. The molecule has 3 aromatic carbocycles. The molecule has 6 rings (SSSR count). The predicted molar refractivity (Wildman–Crippen MR) is 133 cm³/mol. The van der Waals surface area contributed by atoms with E-state index in [2.05, 4.69) is 0 Å². The molecule has 0 bridgehead atoms. The third-order valence-corrected chi connectivity index (χ3v) is 6.70. The summed E-state index contributed by atoms with van der Waals surface area (Å²) in [5.41, 5.74) is 1.56. The number of hydrogen-bond acceptors (Lipinski definition) is 9. The Bertz CT molecular complexity index is 1500. The molecule has 3 aliphatic rings. The van der Waals surface area contributed by atoms with E-state index < -0.39 is 17.7 Å². The smallest absolute Gasteiger partial charge is 0.295 e. The van der Waals surface area contributed by atoms with Gasteiger partial charge in [0.05, 0.1) is 25.8 Å². The Labute approximate surface area is 217 Å². The van der Waals surface area contributed by atoms with Crippen LogP contribution in [0.2, 0.25) is 0 Å². The van der Waals surface area contributed by atoms with Gasteiger partial charge >= 0.3 is 0 Å². The summed E-state index contributed by atoms with van der Waals surface area (Å²) < 4.78 is 32.5. The van der Waals surface area contributed by atoms with Crippen LogP contribution in [0.3, 0.4) is 0 Å². The average Bonchev–Trinajstić information content (AvgIpc) is 3.66. The molecule has 3 aliphatic heterocycles. The van der Waals surface area contributed by atoms with E-state index in [0.29, 0.717) is 45.6 Å². The summed E-state index contributed by atoms with van der Waals surface area (Å²) in [7, 11) is 2.97. The van der Waals surface area contributed by atoms with E-state index in [1.54, 1.807) is 54.6 Å². The molecule has 1 saturated heterocycles. The van der Waals surface area contributed by atoms with Crippen LogP contribution in [0.1, 0.15) is 22.7 Å². The lowest BCUT2D eigenvalue weighted by Crippen LogP contribution is -2.29. The van der Waals surface area contributed by atoms with Crippen LogP contribution >= 0.6 is 0 Å². The number of ether oxygens (including phenoxy) is 6. The Morgan fingerprint density at radius 1 is 0.842 bits per heavy atom. The highest BCUT2D eigenvalue weighted by Gasteiger charge is 2.46. The number of benzene rings is 3. The van der Waals surface area contributed by atoms with Gasteiger partial charge in [-0.1, -0.05) is 12.1 Å². The largest absolute Gasteiger partial charge is 0.507 e. The van der Waals surface area contributed by atoms with Crippen LogP contribution in [0.4, 0.5) is 0 Å². The molecule has 1 N–H and O–H groups in total. The number of aliphatic hydroxyl groups excluding tert-OH is 1. The number of carbonyl (C=O) groups excluding carboxylic acids is 2. The quantitative estimate of drug-likeness (QED) is 0.296. The minimum absolute atomic E-state index is 0.0539. The van der Waals surface area contributed by atoms with Crippen molar-refractivity contribution in [3.8, 4) is 34.5 Å². The molecule has 1 atom stereocenters. The van der Waals surface area contributed by atoms with E-state index in [1.807, 2.05) is 0 Å². The summed E-state index contributed by atoms with van der Waals surface area (Å²) >= 11 is 0. The number of Topliss-reactive ketones (excluding diaryl/α,β-unsaturated/α-hetero) is 1. The van der Waals surface area contributed by atoms with Crippen LogP contribution in [0.15, 0.2) is 60.2 Å². The molecule has 38 heavy (non-hydrogen) atoms. The maximum atomic E-state index is 13.4. The predicted octanol–water partition coefficient (Wildman–Crippen LogP) is 3.78. The van der Waals surface area contributed by atoms with Gasteiger partial charge in [-0.3, -0.25) is 9.59 Å². The summed E-state index contributed by atoms with van der Waals surface area (Å²) in [4.78, 5) is 28.3. The third kappa shape index (κ3) is 3.81. The fraction of sp³-hybridized carbons (Fsp3) is 0.214. The Morgan fingerprint density at radius 3 is 2.21 bits per heavy atom. The van der Waals surface area contributed by atoms with Crippen molar-refractivity contribution in [2.24, 2.45) is 0 Å². The lowest BCUT2D eigenvalue weighted by atomic mass is 9.94. The minimum atomic E-state index is -0.900. The van der Waals surface area contributed by atoms with E-state index in [1.165, 1.54) is 19.1 Å². The second kappa shape index (κ2) is 9.22. The molecule has 3 heterocycles. The molecule has 0 saturated carbocycles. The second-order valence-corrected chi connectivity index (χ2v) is 8.80. The summed E-state index contributed by atoms with van der Waals surface area (Å²) in [5.74, 6) is 1.16. The third-order valence-electron chi connectivity index (χ3n) is 6.70. The zero-order valence-corrected chi connectivity index (χ0v) is 20.6. The van der Waals surface area contributed by atoms with Crippen LogP contribution in [0.25, 0.3) is 5.76 Å². The average molecular weight is 517 g/mol. The number of ketones is 1. The van der Waals surface area contributed by atoms with Crippen LogP contribution < -0.4 is 28.4 Å². The Balaban J connectivity index is 1.47. The van der Waals surface area contributed by atoms with Gasteiger partial charge in [0.2, 0.25) is 13.6 Å². The molecular formula is C28H23NO9. The monoisotopic (exact) mass is 517 g/mol. The molecule has 194 valence electrons. The van der Waals surface area contributed by atoms with Gasteiger partial charge < -0.3 is 38.4 Å². The van der Waals surface area contributed by atoms with Gasteiger partial charge in [0.25, 0.3) is 11.7 Å². The SMILES string of the molecule is COc1ccc(C(O)=C2C(=O)C(=O)N(Cc3ccc4c(c3)OCO4)C2c2ccc3c(c2)OCO3)cc1OC. The Morgan fingerprint density at radius 2 is 1.50 bits per heavy atom. The molecule has 0 spiro atoms. The van der Waals surface area contributed by atoms with Gasteiger partial charge in [-0.2, -0.15) is 0 Å². The highest BCUT2D eigenvalue weighted by molar-refractivity contribution is 6.46. The lowest BCUT2D eigenvalue weighted by Gasteiger charge is -2.25. The summed E-state index contributed by atoms with van der Waals surface area (Å²) in [6.07, 6.45) is 0. The number of methoxy groups -OCH3 is 2. The topological polar surface area (TPSA) is 113 Å². The van der Waals surface area contributed by atoms with E-state index in [-0.39, 0.29) is 31.5 Å². The fourth-order valence-electron chi connectivity index (χ4n) is 4.85. The molecule has 1 fully saturated rings. The number of carbonyl (C=O) groups is 2. The maximum Gasteiger partial charge on any atom is 0.295 e. The number of nitrogens with zero attached hydrogens (tertiary/aromatic N) is 1. The molecule has 1 unspecified atom stereocenters. The highest BCUT2D eigenvalue weighted by atomic mass is 16.7. The van der Waals surface area contributed by atoms with Crippen LogP contribution in [0, 0.1) is 0 Å². The fourth-order valence-corrected chi connectivity index (χ4v) is 4.85. The van der Waals surface area contributed by atoms with E-state index in [0.717, 1.165) is 5.56 Å². The van der Waals surface area contributed by atoms with Crippen LogP contribution in [-0.2, 0) is 16.1 Å². The molecule has 10 heteroatoms. The minimum Gasteiger partial charge on any atom is -0.507 e. The van der Waals surface area contributed by atoms with Crippen molar-refractivity contribution in [1.29, 1.82) is 0 Å². The standard InChI is InChI=1S/C28H23NO9/c1-33-18-7-5-17(11-21(18)34-2)26(30)24-25(16-4-8-20-23(10-16)38-14-36-20)29(28(32)27(24)31)12-15-3-6-19-22(9-15)37-13-35-19/h3-11,25,30H,12-14H2,1-2H3. The number of amides is 1. The molecule has 1 amide bonds. The van der Waals surface area contributed by atoms with Crippen molar-refractivity contribution in [2.45, 2.75) is 12.6 Å². The zero-order valence-electron chi connectivity index (χ0n) is 20.6. The first-order chi connectivity index (χ1) is 18.5. The van der Waals surface area contributed by atoms with Gasteiger partial charge in [0.1, 0.15) is 5.76 Å². The van der Waals surface area contributed by atoms with Gasteiger partial charge in [-0.15, -0.1) is 0 Å². The second-order valence-electron chi connectivity index (χ2n) is 8.80. The van der Waals surface area contributed by atoms with Crippen molar-refractivity contribution < 1.29 is 43.1 Å². The first kappa shape index (κ1) is 23.5. The first-order valence-corrected chi connectivity index (χ1v) is 11.8. The number of rotatable bonds is 6. The molecule has 0 aliphatic carbocycles. The van der Waals surface area contributed by atoms with Crippen molar-refractivity contribution in [3.63, 3.8) is 0 Å². The van der Waals surface area contributed by atoms with Crippen LogP contribution in [0.5, 0.6) is 34.5 Å². The lowest BCUT2D eigenvalue weighted by molar-refractivity contribution is -0.140. The van der Waals surface area contributed by atoms with E-state index >= 15 is 0 Å². The van der Waals surface area contributed by atoms with Crippen molar-refractivity contribution in [2.75, 3.05) is 27.8 Å². The molecule has 3 aromatic rings. The van der Waals surface area contributed by atoms with Gasteiger partial charge in [-0.05, 0) is 53.6 Å². The first-order valence-electron chi connectivity index (χ1n) is 11.8. The number of aliphatic hydroxyl groups is 1. The summed E-state index contributed by atoms with van der Waals surface area (Å²) in [5, 5.41) is 11.4. The highest BCUT2D eigenvalue weighted by Crippen LogP contribution is 2.44. The Hall–Kier alpha value is -4.86. The van der Waals surface area contributed by atoms with Crippen LogP contribution in [-0.4, -0.2) is 49.5 Å². The van der Waals surface area contributed by atoms with Crippen molar-refractivity contribution in [3.05, 3.63) is 76.9 Å². The van der Waals surface area contributed by atoms with Gasteiger partial charge in [0, 0.05) is 12.1 Å². The summed E-state index contributed by atoms with van der Waals surface area (Å²) in [6, 6.07) is 14.4. The molecule has 10 nitrogen and oxygen atoms in total. The van der Waals surface area contributed by atoms with E-state index in [4.69, 9.17) is 28.4 Å². The van der Waals surface area contributed by atoms with Gasteiger partial charge in [0.15, 0.2) is 34.5 Å². The molecular weight excluding hydrogens is 494 g/mol. The number of fused-ring (bicyclic) bond motifs is 2. The zero-order chi connectivity index (χ0) is 26.4. The molecule has 0 radical (unpaired) electrons. The van der Waals surface area contributed by atoms with Gasteiger partial charge in [-0.25, -0.2) is 0 Å². The maximum absolute atomic E-state index is 13.4. The van der Waals surface area contributed by atoms with Crippen molar-refractivity contribution in [1.82, 2.24) is 4.90 Å². The van der Waals surface area contributed by atoms with E-state index in [9.17, 15) is 14.7 Å². The Kier molecular flexibility index (Phi) is 5.71.